The predicted molar refractivity (Wildman–Crippen MR) is 84.1 cm³/mol. The Labute approximate surface area is 119 Å². The van der Waals surface area contributed by atoms with Crippen LogP contribution in [0.3, 0.4) is 0 Å². The molecule has 106 valence electrons. The van der Waals surface area contributed by atoms with Gasteiger partial charge in [0, 0.05) is 43.3 Å². The van der Waals surface area contributed by atoms with E-state index >= 15 is 0 Å². The summed E-state index contributed by atoms with van der Waals surface area (Å²) in [7, 11) is 0. The molecular formula is C16H21N3O. The third-order valence-corrected chi connectivity index (χ3v) is 3.34. The van der Waals surface area contributed by atoms with Gasteiger partial charge < -0.3 is 15.2 Å². The number of hydrogen-bond acceptors (Lipinski definition) is 3. The van der Waals surface area contributed by atoms with Crippen molar-refractivity contribution in [1.82, 2.24) is 4.57 Å². The molecule has 0 spiro atoms. The highest BCUT2D eigenvalue weighted by molar-refractivity contribution is 5.45. The first-order valence-corrected chi connectivity index (χ1v) is 6.96. The van der Waals surface area contributed by atoms with Crippen LogP contribution in [0, 0.1) is 0 Å². The summed E-state index contributed by atoms with van der Waals surface area (Å²) in [4.78, 5) is 14.0. The molecule has 2 N–H and O–H groups in total. The highest BCUT2D eigenvalue weighted by atomic mass is 16.1. The number of nitrogens with two attached hydrogens (primary N) is 1. The molecule has 0 saturated carbocycles. The number of nitrogens with zero attached hydrogens (tertiary/aromatic N) is 2. The SMILES string of the molecule is CCN(CCCn1cc(N)ccc1=O)c1ccccc1. The summed E-state index contributed by atoms with van der Waals surface area (Å²) in [6.07, 6.45) is 2.62. The first kappa shape index (κ1) is 14.2. The molecule has 0 saturated heterocycles. The zero-order chi connectivity index (χ0) is 14.4. The number of aromatic nitrogens is 1. The minimum Gasteiger partial charge on any atom is -0.398 e. The van der Waals surface area contributed by atoms with Crippen LogP contribution in [0.5, 0.6) is 0 Å². The van der Waals surface area contributed by atoms with Gasteiger partial charge in [0.1, 0.15) is 0 Å². The fourth-order valence-electron chi connectivity index (χ4n) is 2.27. The first-order chi connectivity index (χ1) is 9.70. The van der Waals surface area contributed by atoms with Crippen molar-refractivity contribution in [2.45, 2.75) is 19.9 Å². The monoisotopic (exact) mass is 271 g/mol. The molecule has 2 aromatic rings. The van der Waals surface area contributed by atoms with Crippen molar-refractivity contribution < 1.29 is 0 Å². The van der Waals surface area contributed by atoms with E-state index in [2.05, 4.69) is 24.0 Å². The average molecular weight is 271 g/mol. The molecule has 1 aromatic heterocycles. The van der Waals surface area contributed by atoms with Crippen LogP contribution in [0.15, 0.2) is 53.5 Å². The Kier molecular flexibility index (Phi) is 4.82. The molecule has 0 radical (unpaired) electrons. The summed E-state index contributed by atoms with van der Waals surface area (Å²) in [5.41, 5.74) is 7.55. The maximum atomic E-state index is 11.7. The van der Waals surface area contributed by atoms with E-state index < -0.39 is 0 Å². The lowest BCUT2D eigenvalue weighted by atomic mass is 10.2. The fourth-order valence-corrected chi connectivity index (χ4v) is 2.27. The second-order valence-corrected chi connectivity index (χ2v) is 4.76. The summed E-state index contributed by atoms with van der Waals surface area (Å²) in [6.45, 7) is 4.70. The lowest BCUT2D eigenvalue weighted by Crippen LogP contribution is -2.26. The molecule has 2 rings (SSSR count). The van der Waals surface area contributed by atoms with Crippen LogP contribution < -0.4 is 16.2 Å². The number of benzene rings is 1. The summed E-state index contributed by atoms with van der Waals surface area (Å²) in [6, 6.07) is 13.5. The highest BCUT2D eigenvalue weighted by Gasteiger charge is 2.03. The molecule has 0 aliphatic carbocycles. The molecule has 1 aromatic carbocycles. The quantitative estimate of drug-likeness (QED) is 0.877. The van der Waals surface area contributed by atoms with E-state index in [0.717, 1.165) is 19.5 Å². The van der Waals surface area contributed by atoms with Crippen LogP contribution in [0.2, 0.25) is 0 Å². The summed E-state index contributed by atoms with van der Waals surface area (Å²) in [5.74, 6) is 0. The zero-order valence-electron chi connectivity index (χ0n) is 11.8. The molecule has 0 bridgehead atoms. The van der Waals surface area contributed by atoms with Gasteiger partial charge in [0.15, 0.2) is 0 Å². The van der Waals surface area contributed by atoms with Crippen molar-refractivity contribution in [3.05, 3.63) is 59.0 Å². The second-order valence-electron chi connectivity index (χ2n) is 4.76. The number of aryl methyl sites for hydroxylation is 1. The molecule has 0 aliphatic heterocycles. The van der Waals surface area contributed by atoms with E-state index in [1.54, 1.807) is 16.8 Å². The van der Waals surface area contributed by atoms with Gasteiger partial charge in [0.2, 0.25) is 0 Å². The topological polar surface area (TPSA) is 51.3 Å². The molecule has 4 nitrogen and oxygen atoms in total. The number of rotatable bonds is 6. The Balaban J connectivity index is 1.94. The summed E-state index contributed by atoms with van der Waals surface area (Å²) in [5, 5.41) is 0. The Hall–Kier alpha value is -2.23. The second kappa shape index (κ2) is 6.80. The van der Waals surface area contributed by atoms with Crippen molar-refractivity contribution >= 4 is 11.4 Å². The van der Waals surface area contributed by atoms with Gasteiger partial charge in [-0.05, 0) is 31.5 Å². The third kappa shape index (κ3) is 3.63. The number of pyridine rings is 1. The third-order valence-electron chi connectivity index (χ3n) is 3.34. The highest BCUT2D eigenvalue weighted by Crippen LogP contribution is 2.13. The molecule has 4 heteroatoms. The Morgan fingerprint density at radius 2 is 1.90 bits per heavy atom. The minimum absolute atomic E-state index is 0.00181. The van der Waals surface area contributed by atoms with Gasteiger partial charge >= 0.3 is 0 Å². The van der Waals surface area contributed by atoms with Crippen LogP contribution in [-0.2, 0) is 6.54 Å². The van der Waals surface area contributed by atoms with Crippen LogP contribution in [-0.4, -0.2) is 17.7 Å². The van der Waals surface area contributed by atoms with Crippen LogP contribution in [0.1, 0.15) is 13.3 Å². The molecule has 0 amide bonds. The summed E-state index contributed by atoms with van der Waals surface area (Å²) < 4.78 is 1.67. The molecule has 0 atom stereocenters. The largest absolute Gasteiger partial charge is 0.398 e. The van der Waals surface area contributed by atoms with Gasteiger partial charge in [0.25, 0.3) is 5.56 Å². The molecular weight excluding hydrogens is 250 g/mol. The molecule has 0 aliphatic rings. The normalized spacial score (nSPS) is 10.4. The maximum Gasteiger partial charge on any atom is 0.250 e. The van der Waals surface area contributed by atoms with E-state index in [0.29, 0.717) is 12.2 Å². The van der Waals surface area contributed by atoms with Crippen LogP contribution in [0.25, 0.3) is 0 Å². The first-order valence-electron chi connectivity index (χ1n) is 6.96. The van der Waals surface area contributed by atoms with E-state index in [4.69, 9.17) is 5.73 Å². The van der Waals surface area contributed by atoms with Gasteiger partial charge in [-0.3, -0.25) is 4.79 Å². The van der Waals surface area contributed by atoms with Crippen molar-refractivity contribution in [2.24, 2.45) is 0 Å². The van der Waals surface area contributed by atoms with E-state index in [9.17, 15) is 4.79 Å². The zero-order valence-corrected chi connectivity index (χ0v) is 11.8. The van der Waals surface area contributed by atoms with Crippen LogP contribution >= 0.6 is 0 Å². The maximum absolute atomic E-state index is 11.7. The number of nitrogen functional groups attached to an aromatic ring is 1. The summed E-state index contributed by atoms with van der Waals surface area (Å²) >= 11 is 0. The van der Waals surface area contributed by atoms with E-state index in [1.807, 2.05) is 18.2 Å². The lowest BCUT2D eigenvalue weighted by Gasteiger charge is -2.23. The predicted octanol–water partition coefficient (Wildman–Crippen LogP) is 2.35. The van der Waals surface area contributed by atoms with Crippen LogP contribution in [0.4, 0.5) is 11.4 Å². The fraction of sp³-hybridized carbons (Fsp3) is 0.312. The van der Waals surface area contributed by atoms with Crippen molar-refractivity contribution in [3.63, 3.8) is 0 Å². The standard InChI is InChI=1S/C16H21N3O/c1-2-18(15-7-4-3-5-8-15)11-6-12-19-13-14(17)9-10-16(19)20/h3-5,7-10,13H,2,6,11-12,17H2,1H3. The average Bonchev–Trinajstić information content (AvgIpc) is 2.48. The van der Waals surface area contributed by atoms with Gasteiger partial charge in [0.05, 0.1) is 0 Å². The Morgan fingerprint density at radius 1 is 1.15 bits per heavy atom. The van der Waals surface area contributed by atoms with Crippen molar-refractivity contribution in [3.8, 4) is 0 Å². The van der Waals surface area contributed by atoms with Crippen molar-refractivity contribution in [1.29, 1.82) is 0 Å². The Bertz CT molecular complexity index is 592. The molecule has 20 heavy (non-hydrogen) atoms. The lowest BCUT2D eigenvalue weighted by molar-refractivity contribution is 0.611. The minimum atomic E-state index is 0.00181. The number of anilines is 2. The number of hydrogen-bond donors (Lipinski definition) is 1. The van der Waals surface area contributed by atoms with Gasteiger partial charge in [-0.1, -0.05) is 18.2 Å². The van der Waals surface area contributed by atoms with E-state index in [1.165, 1.54) is 11.8 Å². The smallest absolute Gasteiger partial charge is 0.250 e. The van der Waals surface area contributed by atoms with Gasteiger partial charge in [-0.25, -0.2) is 0 Å². The van der Waals surface area contributed by atoms with Gasteiger partial charge in [-0.15, -0.1) is 0 Å². The molecule has 0 fully saturated rings. The van der Waals surface area contributed by atoms with Crippen molar-refractivity contribution in [2.75, 3.05) is 23.7 Å². The molecule has 0 unspecified atom stereocenters. The van der Waals surface area contributed by atoms with E-state index in [-0.39, 0.29) is 5.56 Å². The van der Waals surface area contributed by atoms with Gasteiger partial charge in [-0.2, -0.15) is 0 Å². The molecule has 1 heterocycles. The number of para-hydroxylation sites is 1. The Morgan fingerprint density at radius 3 is 2.60 bits per heavy atom.